The Morgan fingerprint density at radius 3 is 3.00 bits per heavy atom. The lowest BCUT2D eigenvalue weighted by Gasteiger charge is -2.04. The molecule has 0 fully saturated rings. The number of fused-ring (bicyclic) bond motifs is 1. The van der Waals surface area contributed by atoms with Crippen LogP contribution >= 0.6 is 0 Å². The monoisotopic (exact) mass is 166 g/mol. The molecule has 0 spiro atoms. The molecule has 0 saturated carbocycles. The van der Waals surface area contributed by atoms with Gasteiger partial charge < -0.3 is 21.3 Å². The third kappa shape index (κ3) is 0.816. The van der Waals surface area contributed by atoms with Gasteiger partial charge in [0.2, 0.25) is 0 Å². The highest BCUT2D eigenvalue weighted by molar-refractivity contribution is 5.64. The van der Waals surface area contributed by atoms with Crippen molar-refractivity contribution >= 4 is 5.69 Å². The number of nitrogen functional groups attached to an aromatic ring is 1. The van der Waals surface area contributed by atoms with Crippen molar-refractivity contribution in [1.29, 1.82) is 0 Å². The third-order valence-corrected chi connectivity index (χ3v) is 2.00. The predicted molar refractivity (Wildman–Crippen MR) is 44.9 cm³/mol. The summed E-state index contributed by atoms with van der Waals surface area (Å²) in [6.07, 6.45) is 0. The number of phenolic OH excluding ortho intramolecular Hbond substituents is 1. The third-order valence-electron chi connectivity index (χ3n) is 2.00. The van der Waals surface area contributed by atoms with Crippen LogP contribution in [0.3, 0.4) is 0 Å². The van der Waals surface area contributed by atoms with E-state index in [4.69, 9.17) is 16.2 Å². The van der Waals surface area contributed by atoms with Gasteiger partial charge in [0.15, 0.2) is 11.5 Å². The van der Waals surface area contributed by atoms with Gasteiger partial charge >= 0.3 is 0 Å². The molecule has 12 heavy (non-hydrogen) atoms. The van der Waals surface area contributed by atoms with E-state index in [1.807, 2.05) is 0 Å². The number of hydrogen-bond donors (Lipinski definition) is 3. The Labute approximate surface area is 69.7 Å². The topological polar surface area (TPSA) is 81.5 Å². The second-order valence-corrected chi connectivity index (χ2v) is 2.84. The standard InChI is InChI=1S/C8H10N2O2/c9-5-2-1-4-6(10)3-12-8(4)7(5)11/h1-2,6,11H,3,9-10H2/t6-/m0/s1. The first-order valence-electron chi connectivity index (χ1n) is 3.70. The lowest BCUT2D eigenvalue weighted by molar-refractivity contribution is 0.317. The molecule has 5 N–H and O–H groups in total. The van der Waals surface area contributed by atoms with E-state index in [1.165, 1.54) is 0 Å². The van der Waals surface area contributed by atoms with Crippen molar-refractivity contribution in [3.05, 3.63) is 17.7 Å². The molecule has 1 aromatic rings. The van der Waals surface area contributed by atoms with E-state index in [0.717, 1.165) is 5.56 Å². The second kappa shape index (κ2) is 2.28. The molecule has 2 rings (SSSR count). The minimum Gasteiger partial charge on any atom is -0.503 e. The van der Waals surface area contributed by atoms with Crippen LogP contribution in [0.1, 0.15) is 11.6 Å². The van der Waals surface area contributed by atoms with Crippen LogP contribution in [0.2, 0.25) is 0 Å². The molecule has 1 aromatic carbocycles. The van der Waals surface area contributed by atoms with Gasteiger partial charge in [0, 0.05) is 5.56 Å². The zero-order valence-corrected chi connectivity index (χ0v) is 6.45. The van der Waals surface area contributed by atoms with E-state index in [-0.39, 0.29) is 11.8 Å². The largest absolute Gasteiger partial charge is 0.503 e. The highest BCUT2D eigenvalue weighted by Crippen LogP contribution is 2.41. The van der Waals surface area contributed by atoms with Crippen LogP contribution in [0.15, 0.2) is 12.1 Å². The summed E-state index contributed by atoms with van der Waals surface area (Å²) in [6, 6.07) is 3.26. The van der Waals surface area contributed by atoms with E-state index >= 15 is 0 Å². The minimum atomic E-state index is -0.147. The fourth-order valence-corrected chi connectivity index (χ4v) is 1.31. The molecule has 4 heteroatoms. The molecule has 1 aliphatic rings. The molecule has 1 atom stereocenters. The number of hydrogen-bond acceptors (Lipinski definition) is 4. The Kier molecular flexibility index (Phi) is 1.38. The van der Waals surface area contributed by atoms with Gasteiger partial charge in [0.1, 0.15) is 6.61 Å². The van der Waals surface area contributed by atoms with Crippen LogP contribution in [0.25, 0.3) is 0 Å². The summed E-state index contributed by atoms with van der Waals surface area (Å²) in [5.74, 6) is 0.433. The Morgan fingerprint density at radius 2 is 2.25 bits per heavy atom. The number of phenols is 1. The summed E-state index contributed by atoms with van der Waals surface area (Å²) in [5.41, 5.74) is 12.3. The number of ether oxygens (including phenoxy) is 1. The van der Waals surface area contributed by atoms with Gasteiger partial charge in [0.25, 0.3) is 0 Å². The van der Waals surface area contributed by atoms with Gasteiger partial charge in [-0.05, 0) is 6.07 Å². The van der Waals surface area contributed by atoms with Crippen molar-refractivity contribution in [2.75, 3.05) is 12.3 Å². The van der Waals surface area contributed by atoms with Gasteiger partial charge in [-0.25, -0.2) is 0 Å². The molecule has 0 radical (unpaired) electrons. The van der Waals surface area contributed by atoms with Crippen LogP contribution in [0, 0.1) is 0 Å². The summed E-state index contributed by atoms with van der Waals surface area (Å²) >= 11 is 0. The second-order valence-electron chi connectivity index (χ2n) is 2.84. The van der Waals surface area contributed by atoms with Crippen molar-refractivity contribution in [1.82, 2.24) is 0 Å². The number of benzene rings is 1. The number of rotatable bonds is 0. The Bertz CT molecular complexity index is 325. The van der Waals surface area contributed by atoms with Crippen molar-refractivity contribution in [3.63, 3.8) is 0 Å². The van der Waals surface area contributed by atoms with E-state index in [9.17, 15) is 5.11 Å². The first-order chi connectivity index (χ1) is 5.70. The molecular weight excluding hydrogens is 156 g/mol. The van der Waals surface area contributed by atoms with Crippen LogP contribution in [0.4, 0.5) is 5.69 Å². The zero-order chi connectivity index (χ0) is 8.72. The highest BCUT2D eigenvalue weighted by atomic mass is 16.5. The smallest absolute Gasteiger partial charge is 0.181 e. The van der Waals surface area contributed by atoms with Crippen molar-refractivity contribution in [2.24, 2.45) is 5.73 Å². The number of nitrogens with two attached hydrogens (primary N) is 2. The van der Waals surface area contributed by atoms with Gasteiger partial charge in [-0.15, -0.1) is 0 Å². The molecule has 0 aliphatic carbocycles. The van der Waals surface area contributed by atoms with Gasteiger partial charge in [-0.3, -0.25) is 0 Å². The molecule has 64 valence electrons. The summed E-state index contributed by atoms with van der Waals surface area (Å²) in [6.45, 7) is 0.409. The van der Waals surface area contributed by atoms with Gasteiger partial charge in [0.05, 0.1) is 11.7 Å². The summed E-state index contributed by atoms with van der Waals surface area (Å²) < 4.78 is 5.17. The maximum Gasteiger partial charge on any atom is 0.181 e. The SMILES string of the molecule is Nc1ccc2c(c1O)OC[C@@H]2N. The quantitative estimate of drug-likeness (QED) is 0.384. The van der Waals surface area contributed by atoms with Crippen LogP contribution in [-0.4, -0.2) is 11.7 Å². The van der Waals surface area contributed by atoms with Gasteiger partial charge in [-0.1, -0.05) is 6.07 Å². The van der Waals surface area contributed by atoms with E-state index < -0.39 is 0 Å². The molecule has 0 aromatic heterocycles. The van der Waals surface area contributed by atoms with Crippen LogP contribution in [-0.2, 0) is 0 Å². The molecule has 0 amide bonds. The summed E-state index contributed by atoms with van der Waals surface area (Å²) in [7, 11) is 0. The maximum atomic E-state index is 9.43. The van der Waals surface area contributed by atoms with Crippen LogP contribution in [0.5, 0.6) is 11.5 Å². The molecule has 0 bridgehead atoms. The summed E-state index contributed by atoms with van der Waals surface area (Å²) in [5, 5.41) is 9.43. The lowest BCUT2D eigenvalue weighted by Crippen LogP contribution is -2.10. The predicted octanol–water partition coefficient (Wildman–Crippen LogP) is 0.367. The fraction of sp³-hybridized carbons (Fsp3) is 0.250. The molecule has 0 saturated heterocycles. The van der Waals surface area contributed by atoms with E-state index in [1.54, 1.807) is 12.1 Å². The number of anilines is 1. The normalized spacial score (nSPS) is 20.2. The Balaban J connectivity index is 2.60. The van der Waals surface area contributed by atoms with Crippen LogP contribution < -0.4 is 16.2 Å². The van der Waals surface area contributed by atoms with Crippen molar-refractivity contribution < 1.29 is 9.84 Å². The minimum absolute atomic E-state index is 0.000417. The van der Waals surface area contributed by atoms with Crippen molar-refractivity contribution in [2.45, 2.75) is 6.04 Å². The first-order valence-corrected chi connectivity index (χ1v) is 3.70. The fourth-order valence-electron chi connectivity index (χ4n) is 1.31. The first kappa shape index (κ1) is 7.24. The lowest BCUT2D eigenvalue weighted by atomic mass is 10.1. The zero-order valence-electron chi connectivity index (χ0n) is 6.45. The molecule has 4 nitrogen and oxygen atoms in total. The maximum absolute atomic E-state index is 9.43. The average Bonchev–Trinajstić information content (AvgIpc) is 2.41. The molecule has 0 unspecified atom stereocenters. The molecular formula is C8H10N2O2. The molecule has 1 aliphatic heterocycles. The Morgan fingerprint density at radius 1 is 1.50 bits per heavy atom. The van der Waals surface area contributed by atoms with E-state index in [2.05, 4.69) is 0 Å². The Hall–Kier alpha value is -1.42. The summed E-state index contributed by atoms with van der Waals surface area (Å²) in [4.78, 5) is 0. The van der Waals surface area contributed by atoms with E-state index in [0.29, 0.717) is 18.0 Å². The highest BCUT2D eigenvalue weighted by Gasteiger charge is 2.24. The number of aromatic hydroxyl groups is 1. The van der Waals surface area contributed by atoms with Gasteiger partial charge in [-0.2, -0.15) is 0 Å². The van der Waals surface area contributed by atoms with Crippen molar-refractivity contribution in [3.8, 4) is 11.5 Å². The molecule has 1 heterocycles. The average molecular weight is 166 g/mol.